The zero-order valence-electron chi connectivity index (χ0n) is 13.8. The number of aromatic amines is 2. The number of anilines is 2. The average molecular weight is 340 g/mol. The van der Waals surface area contributed by atoms with E-state index in [-0.39, 0.29) is 0 Å². The summed E-state index contributed by atoms with van der Waals surface area (Å²) in [6.45, 7) is 0. The van der Waals surface area contributed by atoms with Gasteiger partial charge in [0.2, 0.25) is 0 Å². The van der Waals surface area contributed by atoms with Crippen LogP contribution < -0.4 is 11.5 Å². The molecule has 2 aliphatic rings. The average Bonchev–Trinajstić information content (AvgIpc) is 3.41. The van der Waals surface area contributed by atoms with E-state index in [4.69, 9.17) is 11.5 Å². The van der Waals surface area contributed by atoms with Crippen LogP contribution in [0.3, 0.4) is 0 Å². The number of fused-ring (bicyclic) bond motifs is 8. The Morgan fingerprint density at radius 1 is 0.615 bits per heavy atom. The summed E-state index contributed by atoms with van der Waals surface area (Å²) >= 11 is 0. The molecule has 3 aromatic rings. The zero-order valence-corrected chi connectivity index (χ0v) is 13.8. The van der Waals surface area contributed by atoms with Crippen LogP contribution in [0.1, 0.15) is 22.8 Å². The molecule has 0 aromatic carbocycles. The Morgan fingerprint density at radius 3 is 1.62 bits per heavy atom. The van der Waals surface area contributed by atoms with E-state index in [9.17, 15) is 0 Å². The third-order valence-corrected chi connectivity index (χ3v) is 4.48. The second-order valence-corrected chi connectivity index (χ2v) is 6.28. The summed E-state index contributed by atoms with van der Waals surface area (Å²) in [4.78, 5) is 15.8. The minimum atomic E-state index is 0.576. The number of aromatic nitrogens is 4. The summed E-state index contributed by atoms with van der Waals surface area (Å²) in [6.07, 6.45) is 7.71. The van der Waals surface area contributed by atoms with Crippen molar-refractivity contribution in [2.45, 2.75) is 0 Å². The number of nitrogens with one attached hydrogen (secondary N) is 2. The molecule has 0 saturated heterocycles. The molecule has 0 atom stereocenters. The van der Waals surface area contributed by atoms with Crippen LogP contribution >= 0.6 is 0 Å². The van der Waals surface area contributed by atoms with Crippen molar-refractivity contribution in [1.29, 1.82) is 0 Å². The van der Waals surface area contributed by atoms with Gasteiger partial charge in [0.25, 0.3) is 0 Å². The lowest BCUT2D eigenvalue weighted by molar-refractivity contribution is 1.31. The Hall–Kier alpha value is -3.80. The molecular formula is C20H16N6. The largest absolute Gasteiger partial charge is 0.395 e. The van der Waals surface area contributed by atoms with Gasteiger partial charge in [0.05, 0.1) is 45.2 Å². The van der Waals surface area contributed by atoms with Crippen LogP contribution in [0.2, 0.25) is 0 Å². The van der Waals surface area contributed by atoms with Crippen LogP contribution in [0.4, 0.5) is 11.4 Å². The van der Waals surface area contributed by atoms with Crippen molar-refractivity contribution >= 4 is 57.7 Å². The normalized spacial score (nSPS) is 12.6. The molecule has 0 fully saturated rings. The highest BCUT2D eigenvalue weighted by atomic mass is 14.8. The first kappa shape index (κ1) is 14.5. The van der Waals surface area contributed by atoms with Crippen molar-refractivity contribution in [2.75, 3.05) is 11.5 Å². The first-order valence-electron chi connectivity index (χ1n) is 8.27. The number of hydrogen-bond acceptors (Lipinski definition) is 4. The van der Waals surface area contributed by atoms with Crippen LogP contribution in [-0.2, 0) is 0 Å². The molecule has 0 amide bonds. The van der Waals surface area contributed by atoms with Crippen molar-refractivity contribution < 1.29 is 0 Å². The van der Waals surface area contributed by atoms with Crippen molar-refractivity contribution in [3.63, 3.8) is 0 Å². The molecule has 6 heteroatoms. The minimum absolute atomic E-state index is 0.576. The SMILES string of the molecule is Nc1c2nc(c(N)c3ccc(cc4nc(cc5ccc1[nH]5)C=C4)[nH]3)C=C2. The number of rotatable bonds is 0. The third kappa shape index (κ3) is 2.36. The second-order valence-electron chi connectivity index (χ2n) is 6.28. The lowest BCUT2D eigenvalue weighted by atomic mass is 10.3. The molecule has 126 valence electrons. The fourth-order valence-corrected chi connectivity index (χ4v) is 3.12. The van der Waals surface area contributed by atoms with Gasteiger partial charge in [-0.05, 0) is 60.7 Å². The number of nitrogens with zero attached hydrogens (tertiary/aromatic N) is 2. The first-order chi connectivity index (χ1) is 12.7. The van der Waals surface area contributed by atoms with E-state index >= 15 is 0 Å². The van der Waals surface area contributed by atoms with Gasteiger partial charge in [-0.1, -0.05) is 0 Å². The summed E-state index contributed by atoms with van der Waals surface area (Å²) in [6, 6.07) is 11.8. The maximum atomic E-state index is 6.30. The predicted octanol–water partition coefficient (Wildman–Crippen LogP) is 3.82. The Labute approximate surface area is 148 Å². The molecule has 5 rings (SSSR count). The molecule has 26 heavy (non-hydrogen) atoms. The van der Waals surface area contributed by atoms with Gasteiger partial charge >= 0.3 is 0 Å². The number of hydrogen-bond donors (Lipinski definition) is 4. The lowest BCUT2D eigenvalue weighted by Crippen LogP contribution is -1.92. The lowest BCUT2D eigenvalue weighted by Gasteiger charge is -1.95. The molecule has 0 radical (unpaired) electrons. The second kappa shape index (κ2) is 5.35. The Morgan fingerprint density at radius 2 is 1.12 bits per heavy atom. The summed E-state index contributed by atoms with van der Waals surface area (Å²) < 4.78 is 0. The Balaban J connectivity index is 1.91. The van der Waals surface area contributed by atoms with Crippen LogP contribution in [0.5, 0.6) is 0 Å². The smallest absolute Gasteiger partial charge is 0.0889 e. The highest BCUT2D eigenvalue weighted by Crippen LogP contribution is 2.25. The Bertz CT molecular complexity index is 1160. The fourth-order valence-electron chi connectivity index (χ4n) is 3.12. The van der Waals surface area contributed by atoms with E-state index in [0.717, 1.165) is 33.5 Å². The quantitative estimate of drug-likeness (QED) is 0.343. The van der Waals surface area contributed by atoms with E-state index in [0.29, 0.717) is 22.8 Å². The Kier molecular flexibility index (Phi) is 2.99. The van der Waals surface area contributed by atoms with Gasteiger partial charge in [-0.25, -0.2) is 9.97 Å². The van der Waals surface area contributed by atoms with Crippen molar-refractivity contribution in [2.24, 2.45) is 0 Å². The van der Waals surface area contributed by atoms with E-state index in [2.05, 4.69) is 19.9 Å². The standard InChI is InChI=1S/C20H16N6/c21-19-15-5-3-13(24-15)9-11-1-2-12(23-11)10-14-4-6-16(25-14)20(22)18-8-7-17(19)26-18/h1-10,24-25H,21-22H2. The van der Waals surface area contributed by atoms with Crippen LogP contribution in [0.15, 0.2) is 36.4 Å². The number of nitrogens with two attached hydrogens (primary N) is 2. The molecule has 6 nitrogen and oxygen atoms in total. The third-order valence-electron chi connectivity index (χ3n) is 4.48. The number of H-pyrrole nitrogens is 2. The monoisotopic (exact) mass is 340 g/mol. The maximum absolute atomic E-state index is 6.30. The van der Waals surface area contributed by atoms with Gasteiger partial charge in [-0.15, -0.1) is 0 Å². The van der Waals surface area contributed by atoms with Gasteiger partial charge in [0.15, 0.2) is 0 Å². The van der Waals surface area contributed by atoms with Crippen molar-refractivity contribution in [1.82, 2.24) is 19.9 Å². The zero-order chi connectivity index (χ0) is 17.7. The summed E-state index contributed by atoms with van der Waals surface area (Å²) in [5.74, 6) is 0. The van der Waals surface area contributed by atoms with Gasteiger partial charge in [-0.2, -0.15) is 0 Å². The molecule has 6 N–H and O–H groups in total. The topological polar surface area (TPSA) is 109 Å². The maximum Gasteiger partial charge on any atom is 0.0889 e. The van der Waals surface area contributed by atoms with Gasteiger partial charge in [-0.3, -0.25) is 0 Å². The molecule has 0 aliphatic carbocycles. The summed E-state index contributed by atoms with van der Waals surface area (Å²) in [7, 11) is 0. The predicted molar refractivity (Wildman–Crippen MR) is 108 cm³/mol. The van der Waals surface area contributed by atoms with E-state index in [1.165, 1.54) is 0 Å². The molecule has 0 saturated carbocycles. The molecule has 0 unspecified atom stereocenters. The van der Waals surface area contributed by atoms with Crippen LogP contribution in [0, 0.1) is 0 Å². The van der Waals surface area contributed by atoms with Crippen LogP contribution in [0.25, 0.3) is 46.4 Å². The molecule has 0 spiro atoms. The van der Waals surface area contributed by atoms with Gasteiger partial charge < -0.3 is 21.4 Å². The summed E-state index contributed by atoms with van der Waals surface area (Å²) in [5, 5.41) is 0. The van der Waals surface area contributed by atoms with Crippen LogP contribution in [-0.4, -0.2) is 19.9 Å². The highest BCUT2D eigenvalue weighted by Gasteiger charge is 2.08. The van der Waals surface area contributed by atoms with E-state index < -0.39 is 0 Å². The van der Waals surface area contributed by atoms with E-state index in [1.807, 2.05) is 60.7 Å². The van der Waals surface area contributed by atoms with Crippen molar-refractivity contribution in [3.8, 4) is 0 Å². The fraction of sp³-hybridized carbons (Fsp3) is 0. The minimum Gasteiger partial charge on any atom is -0.395 e. The van der Waals surface area contributed by atoms with E-state index in [1.54, 1.807) is 0 Å². The summed E-state index contributed by atoms with van der Waals surface area (Å²) in [5.41, 5.74) is 20.4. The van der Waals surface area contributed by atoms with Crippen molar-refractivity contribution in [3.05, 3.63) is 59.2 Å². The first-order valence-corrected chi connectivity index (χ1v) is 8.27. The molecular weight excluding hydrogens is 324 g/mol. The molecule has 2 aliphatic heterocycles. The van der Waals surface area contributed by atoms with Gasteiger partial charge in [0, 0.05) is 11.0 Å². The van der Waals surface area contributed by atoms with Gasteiger partial charge in [0.1, 0.15) is 0 Å². The number of nitrogen functional groups attached to an aromatic ring is 2. The molecule has 8 bridgehead atoms. The highest BCUT2D eigenvalue weighted by molar-refractivity contribution is 5.89. The molecule has 5 heterocycles. The molecule has 3 aromatic heterocycles.